The minimum absolute atomic E-state index is 0.178. The third-order valence-electron chi connectivity index (χ3n) is 6.30. The molecule has 0 spiro atoms. The quantitative estimate of drug-likeness (QED) is 0.534. The van der Waals surface area contributed by atoms with E-state index in [1.807, 2.05) is 58.2 Å². The zero-order valence-electron chi connectivity index (χ0n) is 19.8. The van der Waals surface area contributed by atoms with Crippen molar-refractivity contribution in [3.63, 3.8) is 0 Å². The molecule has 1 aliphatic rings. The molecule has 4 rings (SSSR count). The molecule has 1 aliphatic heterocycles. The number of nitrogens with zero attached hydrogens (tertiary/aromatic N) is 2. The van der Waals surface area contributed by atoms with Crippen LogP contribution in [0, 0.1) is 27.7 Å². The zero-order valence-corrected chi connectivity index (χ0v) is 19.8. The Morgan fingerprint density at radius 3 is 2.21 bits per heavy atom. The second-order valence-corrected chi connectivity index (χ2v) is 9.20. The van der Waals surface area contributed by atoms with Gasteiger partial charge in [0.1, 0.15) is 5.75 Å². The summed E-state index contributed by atoms with van der Waals surface area (Å²) in [6.45, 7) is 9.35. The van der Waals surface area contributed by atoms with E-state index in [9.17, 15) is 9.90 Å². The number of piperidine rings is 1. The molecule has 0 atom stereocenters. The molecule has 6 heteroatoms. The van der Waals surface area contributed by atoms with Crippen molar-refractivity contribution in [2.45, 2.75) is 46.6 Å². The highest BCUT2D eigenvalue weighted by Crippen LogP contribution is 2.38. The van der Waals surface area contributed by atoms with E-state index < -0.39 is 0 Å². The number of anilines is 2. The lowest BCUT2D eigenvalue weighted by Crippen LogP contribution is -2.40. The van der Waals surface area contributed by atoms with Crippen LogP contribution in [0.2, 0.25) is 0 Å². The Bertz CT molecular complexity index is 1150. The maximum atomic E-state index is 13.5. The Kier molecular flexibility index (Phi) is 6.38. The van der Waals surface area contributed by atoms with Crippen LogP contribution in [0.3, 0.4) is 0 Å². The van der Waals surface area contributed by atoms with E-state index in [0.29, 0.717) is 11.3 Å². The summed E-state index contributed by atoms with van der Waals surface area (Å²) in [6, 6.07) is 10.1. The molecular weight excluding hydrogens is 412 g/mol. The number of nitrogens with one attached hydrogen (secondary N) is 1. The summed E-state index contributed by atoms with van der Waals surface area (Å²) >= 11 is 0. The highest BCUT2D eigenvalue weighted by Gasteiger charge is 2.25. The normalized spacial score (nSPS) is 14.4. The van der Waals surface area contributed by atoms with Crippen LogP contribution in [0.5, 0.6) is 5.75 Å². The summed E-state index contributed by atoms with van der Waals surface area (Å²) in [4.78, 5) is 20.2. The Morgan fingerprint density at radius 1 is 1.00 bits per heavy atom. The number of rotatable bonds is 4. The molecule has 0 radical (unpaired) electrons. The molecule has 1 saturated heterocycles. The molecule has 2 aromatic carbocycles. The average Bonchev–Trinajstić information content (AvgIpc) is 2.76. The summed E-state index contributed by atoms with van der Waals surface area (Å²) in [7, 11) is 0. The van der Waals surface area contributed by atoms with Crippen molar-refractivity contribution < 1.29 is 9.90 Å². The van der Waals surface area contributed by atoms with Crippen LogP contribution in [-0.4, -0.2) is 35.1 Å². The molecule has 1 amide bonds. The molecule has 3 aromatic rings. The van der Waals surface area contributed by atoms with Crippen molar-refractivity contribution in [1.82, 2.24) is 4.98 Å². The smallest absolute Gasteiger partial charge is 0.259 e. The van der Waals surface area contributed by atoms with Crippen molar-refractivity contribution in [3.05, 3.63) is 70.5 Å². The van der Waals surface area contributed by atoms with E-state index in [0.717, 1.165) is 70.7 Å². The first-order valence-electron chi connectivity index (χ1n) is 11.4. The number of phenols is 1. The van der Waals surface area contributed by atoms with E-state index in [1.54, 1.807) is 6.20 Å². The lowest BCUT2D eigenvalue weighted by molar-refractivity contribution is 0.102. The summed E-state index contributed by atoms with van der Waals surface area (Å²) < 4.78 is 0. The lowest BCUT2D eigenvalue weighted by Gasteiger charge is -2.34. The third-order valence-corrected chi connectivity index (χ3v) is 6.30. The Morgan fingerprint density at radius 2 is 1.61 bits per heavy atom. The van der Waals surface area contributed by atoms with Gasteiger partial charge in [0, 0.05) is 42.8 Å². The SMILES string of the molecule is Cc1cc(C)cc(NC(=O)c2cncc(-c3cc(C)c(O)c(C)c3)c2N2CCC(N)CC2)c1. The van der Waals surface area contributed by atoms with Crippen molar-refractivity contribution in [1.29, 1.82) is 0 Å². The average molecular weight is 445 g/mol. The van der Waals surface area contributed by atoms with Gasteiger partial charge in [0.05, 0.1) is 11.3 Å². The molecule has 0 unspecified atom stereocenters. The summed E-state index contributed by atoms with van der Waals surface area (Å²) in [6.07, 6.45) is 5.19. The maximum Gasteiger partial charge on any atom is 0.259 e. The second-order valence-electron chi connectivity index (χ2n) is 9.20. The van der Waals surface area contributed by atoms with Crippen LogP contribution >= 0.6 is 0 Å². The van der Waals surface area contributed by atoms with Gasteiger partial charge in [-0.25, -0.2) is 0 Å². The van der Waals surface area contributed by atoms with Crippen molar-refractivity contribution in [2.75, 3.05) is 23.3 Å². The lowest BCUT2D eigenvalue weighted by atomic mass is 9.95. The number of hydrogen-bond acceptors (Lipinski definition) is 5. The number of aromatic nitrogens is 1. The first kappa shape index (κ1) is 22.8. The molecule has 0 aliphatic carbocycles. The predicted octanol–water partition coefficient (Wildman–Crippen LogP) is 4.87. The van der Waals surface area contributed by atoms with Gasteiger partial charge < -0.3 is 21.1 Å². The number of pyridine rings is 1. The minimum Gasteiger partial charge on any atom is -0.507 e. The predicted molar refractivity (Wildman–Crippen MR) is 134 cm³/mol. The maximum absolute atomic E-state index is 13.5. The molecule has 0 bridgehead atoms. The Balaban J connectivity index is 1.81. The number of nitrogens with two attached hydrogens (primary N) is 1. The van der Waals surface area contributed by atoms with Crippen LogP contribution in [0.15, 0.2) is 42.7 Å². The number of phenolic OH excluding ortho intramolecular Hbond substituents is 1. The number of hydrogen-bond donors (Lipinski definition) is 3. The highest BCUT2D eigenvalue weighted by molar-refractivity contribution is 6.10. The van der Waals surface area contributed by atoms with Gasteiger partial charge in [-0.1, -0.05) is 6.07 Å². The van der Waals surface area contributed by atoms with Gasteiger partial charge in [0.2, 0.25) is 0 Å². The minimum atomic E-state index is -0.188. The molecular formula is C27H32N4O2. The van der Waals surface area contributed by atoms with Crippen molar-refractivity contribution in [2.24, 2.45) is 5.73 Å². The summed E-state index contributed by atoms with van der Waals surface area (Å²) in [5.41, 5.74) is 13.9. The van der Waals surface area contributed by atoms with E-state index in [4.69, 9.17) is 5.73 Å². The van der Waals surface area contributed by atoms with Crippen molar-refractivity contribution in [3.8, 4) is 16.9 Å². The van der Waals surface area contributed by atoms with E-state index in [1.165, 1.54) is 0 Å². The molecule has 0 saturated carbocycles. The summed E-state index contributed by atoms with van der Waals surface area (Å²) in [5, 5.41) is 13.3. The fraction of sp³-hybridized carbons (Fsp3) is 0.333. The van der Waals surface area contributed by atoms with Crippen LogP contribution in [0.1, 0.15) is 45.5 Å². The Hall–Kier alpha value is -3.38. The van der Waals surface area contributed by atoms with Crippen LogP contribution in [0.4, 0.5) is 11.4 Å². The van der Waals surface area contributed by atoms with Crippen LogP contribution < -0.4 is 16.0 Å². The second kappa shape index (κ2) is 9.24. The monoisotopic (exact) mass is 444 g/mol. The van der Waals surface area contributed by atoms with Crippen LogP contribution in [-0.2, 0) is 0 Å². The van der Waals surface area contributed by atoms with E-state index >= 15 is 0 Å². The van der Waals surface area contributed by atoms with Gasteiger partial charge in [0.15, 0.2) is 0 Å². The fourth-order valence-corrected chi connectivity index (χ4v) is 4.65. The van der Waals surface area contributed by atoms with Gasteiger partial charge in [-0.05, 0) is 92.6 Å². The zero-order chi connectivity index (χ0) is 23.7. The fourth-order valence-electron chi connectivity index (χ4n) is 4.65. The number of carbonyl (C=O) groups is 1. The van der Waals surface area contributed by atoms with Crippen LogP contribution in [0.25, 0.3) is 11.1 Å². The summed E-state index contributed by atoms with van der Waals surface area (Å²) in [5.74, 6) is 0.104. The molecule has 33 heavy (non-hydrogen) atoms. The first-order chi connectivity index (χ1) is 15.7. The Labute approximate surface area is 195 Å². The topological polar surface area (TPSA) is 91.5 Å². The van der Waals surface area contributed by atoms with E-state index in [2.05, 4.69) is 21.3 Å². The largest absolute Gasteiger partial charge is 0.507 e. The van der Waals surface area contributed by atoms with Gasteiger partial charge in [-0.2, -0.15) is 0 Å². The molecule has 6 nitrogen and oxygen atoms in total. The molecule has 172 valence electrons. The number of benzene rings is 2. The van der Waals surface area contributed by atoms with Gasteiger partial charge in [-0.3, -0.25) is 9.78 Å². The third kappa shape index (κ3) is 4.86. The van der Waals surface area contributed by atoms with E-state index in [-0.39, 0.29) is 11.9 Å². The highest BCUT2D eigenvalue weighted by atomic mass is 16.3. The molecule has 2 heterocycles. The van der Waals surface area contributed by atoms with Crippen molar-refractivity contribution >= 4 is 17.3 Å². The van der Waals surface area contributed by atoms with Gasteiger partial charge in [0.25, 0.3) is 5.91 Å². The van der Waals surface area contributed by atoms with Gasteiger partial charge >= 0.3 is 0 Å². The standard InChI is InChI=1S/C27H32N4O2/c1-16-9-17(2)11-22(10-16)30-27(33)24-15-29-14-23(20-12-18(3)26(32)19(4)13-20)25(24)31-7-5-21(28)6-8-31/h9-15,21,32H,5-8,28H2,1-4H3,(H,30,33). The number of aryl methyl sites for hydroxylation is 4. The molecule has 1 fully saturated rings. The first-order valence-corrected chi connectivity index (χ1v) is 11.4. The van der Waals surface area contributed by atoms with Gasteiger partial charge in [-0.15, -0.1) is 0 Å². The molecule has 4 N–H and O–H groups in total. The molecule has 1 aromatic heterocycles. The number of aromatic hydroxyl groups is 1. The number of amides is 1. The number of carbonyl (C=O) groups excluding carboxylic acids is 1.